The molecule has 0 spiro atoms. The lowest BCUT2D eigenvalue weighted by Gasteiger charge is -2.34. The van der Waals surface area contributed by atoms with Gasteiger partial charge in [0, 0.05) is 57.5 Å². The van der Waals surface area contributed by atoms with Crippen LogP contribution < -0.4 is 0 Å². The fraction of sp³-hybridized carbons (Fsp3) is 0.438. The second-order valence-corrected chi connectivity index (χ2v) is 5.90. The molecule has 1 fully saturated rings. The minimum absolute atomic E-state index is 0.140. The van der Waals surface area contributed by atoms with E-state index in [-0.39, 0.29) is 10.6 Å². The molecular weight excluding hydrogens is 296 g/mol. The van der Waals surface area contributed by atoms with E-state index in [1.54, 1.807) is 12.1 Å². The smallest absolute Gasteiger partial charge is 0.269 e. The number of piperazine rings is 1. The lowest BCUT2D eigenvalue weighted by atomic mass is 10.2. The summed E-state index contributed by atoms with van der Waals surface area (Å²) in [5.74, 6) is 0.844. The van der Waals surface area contributed by atoms with Crippen molar-refractivity contribution in [2.24, 2.45) is 0 Å². The van der Waals surface area contributed by atoms with Crippen molar-refractivity contribution >= 4 is 5.69 Å². The maximum Gasteiger partial charge on any atom is 0.269 e. The van der Waals surface area contributed by atoms with Gasteiger partial charge in [0.2, 0.25) is 0 Å². The van der Waals surface area contributed by atoms with Gasteiger partial charge in [-0.3, -0.25) is 19.9 Å². The number of benzene rings is 1. The van der Waals surface area contributed by atoms with Crippen LogP contribution in [-0.2, 0) is 13.1 Å². The van der Waals surface area contributed by atoms with Crippen LogP contribution in [0.15, 0.2) is 34.9 Å². The Labute approximate surface area is 134 Å². The standard InChI is InChI=1S/C16H20N4O3/c1-13-10-15(17-23-13)12-19-8-6-18(7-9-19)11-14-2-4-16(5-3-14)20(21)22/h2-5,10H,6-9,11-12H2,1H3. The quantitative estimate of drug-likeness (QED) is 0.622. The second-order valence-electron chi connectivity index (χ2n) is 5.90. The molecule has 1 aromatic carbocycles. The Kier molecular flexibility index (Phi) is 4.68. The molecule has 2 heterocycles. The molecule has 0 bridgehead atoms. The fourth-order valence-corrected chi connectivity index (χ4v) is 2.81. The van der Waals surface area contributed by atoms with Crippen LogP contribution in [0, 0.1) is 17.0 Å². The lowest BCUT2D eigenvalue weighted by Crippen LogP contribution is -2.45. The minimum atomic E-state index is -0.367. The third kappa shape index (κ3) is 4.14. The summed E-state index contributed by atoms with van der Waals surface area (Å²) < 4.78 is 5.10. The zero-order chi connectivity index (χ0) is 16.2. The maximum atomic E-state index is 10.7. The largest absolute Gasteiger partial charge is 0.361 e. The third-order valence-corrected chi connectivity index (χ3v) is 4.08. The summed E-state index contributed by atoms with van der Waals surface area (Å²) >= 11 is 0. The molecule has 0 atom stereocenters. The van der Waals surface area contributed by atoms with E-state index in [1.165, 1.54) is 0 Å². The normalized spacial score (nSPS) is 16.6. The average Bonchev–Trinajstić information content (AvgIpc) is 2.95. The topological polar surface area (TPSA) is 75.7 Å². The maximum absolute atomic E-state index is 10.7. The summed E-state index contributed by atoms with van der Waals surface area (Å²) in [4.78, 5) is 15.0. The molecule has 2 aromatic rings. The fourth-order valence-electron chi connectivity index (χ4n) is 2.81. The molecule has 23 heavy (non-hydrogen) atoms. The molecule has 0 unspecified atom stereocenters. The molecule has 0 radical (unpaired) electrons. The number of non-ortho nitro benzene ring substituents is 1. The highest BCUT2D eigenvalue weighted by atomic mass is 16.6. The van der Waals surface area contributed by atoms with Gasteiger partial charge >= 0.3 is 0 Å². The van der Waals surface area contributed by atoms with Gasteiger partial charge in [0.15, 0.2) is 0 Å². The van der Waals surface area contributed by atoms with Crippen molar-refractivity contribution in [1.29, 1.82) is 0 Å². The van der Waals surface area contributed by atoms with E-state index < -0.39 is 0 Å². The number of aromatic nitrogens is 1. The Morgan fingerprint density at radius 1 is 1.13 bits per heavy atom. The van der Waals surface area contributed by atoms with Crippen LogP contribution in [0.4, 0.5) is 5.69 Å². The molecule has 7 nitrogen and oxygen atoms in total. The van der Waals surface area contributed by atoms with E-state index in [0.717, 1.165) is 56.3 Å². The first kappa shape index (κ1) is 15.6. The van der Waals surface area contributed by atoms with Crippen molar-refractivity contribution in [2.75, 3.05) is 26.2 Å². The van der Waals surface area contributed by atoms with Gasteiger partial charge in [0.05, 0.1) is 10.6 Å². The zero-order valence-corrected chi connectivity index (χ0v) is 13.1. The van der Waals surface area contributed by atoms with Crippen LogP contribution in [0.25, 0.3) is 0 Å². The van der Waals surface area contributed by atoms with E-state index in [9.17, 15) is 10.1 Å². The number of aryl methyl sites for hydroxylation is 1. The van der Waals surface area contributed by atoms with Crippen LogP contribution in [-0.4, -0.2) is 46.1 Å². The molecule has 1 aromatic heterocycles. The minimum Gasteiger partial charge on any atom is -0.361 e. The van der Waals surface area contributed by atoms with Crippen molar-refractivity contribution in [1.82, 2.24) is 15.0 Å². The molecule has 7 heteroatoms. The molecule has 0 amide bonds. The Bertz CT molecular complexity index is 660. The highest BCUT2D eigenvalue weighted by Crippen LogP contribution is 2.15. The first-order valence-electron chi connectivity index (χ1n) is 7.70. The number of nitro benzene ring substituents is 1. The van der Waals surface area contributed by atoms with Gasteiger partial charge in [0.1, 0.15) is 5.76 Å². The summed E-state index contributed by atoms with van der Waals surface area (Å²) in [6, 6.07) is 8.78. The van der Waals surface area contributed by atoms with Crippen molar-refractivity contribution in [3.8, 4) is 0 Å². The lowest BCUT2D eigenvalue weighted by molar-refractivity contribution is -0.384. The highest BCUT2D eigenvalue weighted by Gasteiger charge is 2.18. The van der Waals surface area contributed by atoms with E-state index in [1.807, 2.05) is 25.1 Å². The van der Waals surface area contributed by atoms with E-state index in [4.69, 9.17) is 4.52 Å². The number of rotatable bonds is 5. The van der Waals surface area contributed by atoms with Gasteiger partial charge in [-0.25, -0.2) is 0 Å². The molecule has 1 aliphatic heterocycles. The van der Waals surface area contributed by atoms with Crippen LogP contribution in [0.1, 0.15) is 17.0 Å². The van der Waals surface area contributed by atoms with E-state index >= 15 is 0 Å². The number of nitro groups is 1. The number of nitrogens with zero attached hydrogens (tertiary/aromatic N) is 4. The van der Waals surface area contributed by atoms with Gasteiger partial charge in [0.25, 0.3) is 5.69 Å². The van der Waals surface area contributed by atoms with Crippen molar-refractivity contribution < 1.29 is 9.45 Å². The summed E-state index contributed by atoms with van der Waals surface area (Å²) in [6.45, 7) is 7.48. The first-order chi connectivity index (χ1) is 11.1. The predicted molar refractivity (Wildman–Crippen MR) is 84.9 cm³/mol. The molecule has 0 aliphatic carbocycles. The molecule has 3 rings (SSSR count). The molecule has 122 valence electrons. The van der Waals surface area contributed by atoms with E-state index in [0.29, 0.717) is 0 Å². The summed E-state index contributed by atoms with van der Waals surface area (Å²) in [5.41, 5.74) is 2.23. The Morgan fingerprint density at radius 2 is 1.74 bits per heavy atom. The van der Waals surface area contributed by atoms with Crippen molar-refractivity contribution in [2.45, 2.75) is 20.0 Å². The average molecular weight is 316 g/mol. The van der Waals surface area contributed by atoms with Crippen LogP contribution >= 0.6 is 0 Å². The number of hydrogen-bond acceptors (Lipinski definition) is 6. The monoisotopic (exact) mass is 316 g/mol. The van der Waals surface area contributed by atoms with Crippen molar-refractivity contribution in [3.05, 3.63) is 57.5 Å². The zero-order valence-electron chi connectivity index (χ0n) is 13.1. The van der Waals surface area contributed by atoms with Crippen LogP contribution in [0.5, 0.6) is 0 Å². The highest BCUT2D eigenvalue weighted by molar-refractivity contribution is 5.32. The molecule has 1 aliphatic rings. The van der Waals surface area contributed by atoms with Gasteiger partial charge in [-0.2, -0.15) is 0 Å². The SMILES string of the molecule is Cc1cc(CN2CCN(Cc3ccc([N+](=O)[O-])cc3)CC2)no1. The molecule has 1 saturated heterocycles. The summed E-state index contributed by atoms with van der Waals surface area (Å²) in [5, 5.41) is 14.7. The Balaban J connectivity index is 1.48. The molecular formula is C16H20N4O3. The van der Waals surface area contributed by atoms with E-state index in [2.05, 4.69) is 15.0 Å². The second kappa shape index (κ2) is 6.89. The van der Waals surface area contributed by atoms with Gasteiger partial charge in [-0.15, -0.1) is 0 Å². The first-order valence-corrected chi connectivity index (χ1v) is 7.70. The number of hydrogen-bond donors (Lipinski definition) is 0. The van der Waals surface area contributed by atoms with Gasteiger partial charge in [-0.1, -0.05) is 17.3 Å². The summed E-state index contributed by atoms with van der Waals surface area (Å²) in [7, 11) is 0. The third-order valence-electron chi connectivity index (χ3n) is 4.08. The van der Waals surface area contributed by atoms with Gasteiger partial charge < -0.3 is 4.52 Å². The van der Waals surface area contributed by atoms with Crippen LogP contribution in [0.3, 0.4) is 0 Å². The van der Waals surface area contributed by atoms with Crippen LogP contribution in [0.2, 0.25) is 0 Å². The Morgan fingerprint density at radius 3 is 2.26 bits per heavy atom. The summed E-state index contributed by atoms with van der Waals surface area (Å²) in [6.07, 6.45) is 0. The van der Waals surface area contributed by atoms with Gasteiger partial charge in [-0.05, 0) is 12.5 Å². The van der Waals surface area contributed by atoms with Crippen molar-refractivity contribution in [3.63, 3.8) is 0 Å². The molecule has 0 N–H and O–H groups in total. The molecule has 0 saturated carbocycles. The predicted octanol–water partition coefficient (Wildman–Crippen LogP) is 2.21. The Hall–Kier alpha value is -2.25.